The molecule has 0 unspecified atom stereocenters. The second kappa shape index (κ2) is 4.50. The summed E-state index contributed by atoms with van der Waals surface area (Å²) in [5.41, 5.74) is 1.91. The maximum atomic E-state index is 9.81. The number of hydrogen-bond acceptors (Lipinski definition) is 1. The van der Waals surface area contributed by atoms with Crippen molar-refractivity contribution in [2.24, 2.45) is 17.8 Å². The molecule has 1 N–H and O–H groups in total. The quantitative estimate of drug-likeness (QED) is 0.686. The molecule has 4 fully saturated rings. The Morgan fingerprint density at radius 1 is 0.909 bits per heavy atom. The SMILES string of the molecule is Oc1ccc2c(C34CC5CC(CC(C5)C3)C4)c(Br)ccc2c1. The van der Waals surface area contributed by atoms with Gasteiger partial charge >= 0.3 is 0 Å². The van der Waals surface area contributed by atoms with Gasteiger partial charge in [-0.3, -0.25) is 0 Å². The molecule has 0 radical (unpaired) electrons. The number of benzene rings is 2. The van der Waals surface area contributed by atoms with E-state index in [2.05, 4.69) is 34.1 Å². The van der Waals surface area contributed by atoms with Gasteiger partial charge in [-0.15, -0.1) is 0 Å². The van der Waals surface area contributed by atoms with Crippen molar-refractivity contribution in [3.63, 3.8) is 0 Å². The van der Waals surface area contributed by atoms with E-state index in [1.54, 1.807) is 0 Å². The van der Waals surface area contributed by atoms with Gasteiger partial charge in [0.05, 0.1) is 0 Å². The first-order valence-electron chi connectivity index (χ1n) is 8.55. The second-order valence-corrected chi connectivity index (χ2v) is 8.88. The molecular weight excluding hydrogens is 336 g/mol. The average molecular weight is 357 g/mol. The Labute approximate surface area is 139 Å². The summed E-state index contributed by atoms with van der Waals surface area (Å²) in [6, 6.07) is 10.2. The van der Waals surface area contributed by atoms with E-state index in [1.807, 2.05) is 12.1 Å². The molecular formula is C20H21BrO. The molecule has 2 aromatic rings. The van der Waals surface area contributed by atoms with Gasteiger partial charge in [0.25, 0.3) is 0 Å². The Morgan fingerprint density at radius 2 is 1.55 bits per heavy atom. The summed E-state index contributed by atoms with van der Waals surface area (Å²) in [5, 5.41) is 12.3. The van der Waals surface area contributed by atoms with E-state index >= 15 is 0 Å². The van der Waals surface area contributed by atoms with Crippen molar-refractivity contribution >= 4 is 26.7 Å². The van der Waals surface area contributed by atoms with Crippen molar-refractivity contribution in [1.82, 2.24) is 0 Å². The number of phenolic OH excluding ortho intramolecular Hbond substituents is 1. The second-order valence-electron chi connectivity index (χ2n) is 8.03. The summed E-state index contributed by atoms with van der Waals surface area (Å²) in [7, 11) is 0. The van der Waals surface area contributed by atoms with Crippen molar-refractivity contribution < 1.29 is 5.11 Å². The molecule has 22 heavy (non-hydrogen) atoms. The normalized spacial score (nSPS) is 36.1. The highest BCUT2D eigenvalue weighted by atomic mass is 79.9. The van der Waals surface area contributed by atoms with Crippen molar-refractivity contribution in [3.05, 3.63) is 40.4 Å². The predicted octanol–water partition coefficient (Wildman–Crippen LogP) is 5.78. The largest absolute Gasteiger partial charge is 0.508 e. The van der Waals surface area contributed by atoms with Crippen molar-refractivity contribution in [2.45, 2.75) is 43.9 Å². The van der Waals surface area contributed by atoms with Crippen molar-refractivity contribution in [1.29, 1.82) is 0 Å². The molecule has 0 heterocycles. The molecule has 114 valence electrons. The molecule has 0 aromatic heterocycles. The molecule has 2 aromatic carbocycles. The molecule has 6 rings (SSSR count). The van der Waals surface area contributed by atoms with Gasteiger partial charge in [-0.05, 0) is 96.2 Å². The van der Waals surface area contributed by atoms with Crippen LogP contribution in [0.4, 0.5) is 0 Å². The third-order valence-corrected chi connectivity index (χ3v) is 7.18. The molecule has 2 heteroatoms. The summed E-state index contributed by atoms with van der Waals surface area (Å²) in [5.74, 6) is 3.22. The van der Waals surface area contributed by atoms with Gasteiger partial charge in [-0.2, -0.15) is 0 Å². The van der Waals surface area contributed by atoms with Gasteiger partial charge in [0.15, 0.2) is 0 Å². The minimum atomic E-state index is 0.367. The molecule has 0 atom stereocenters. The van der Waals surface area contributed by atoms with Crippen LogP contribution in [0.3, 0.4) is 0 Å². The minimum Gasteiger partial charge on any atom is -0.508 e. The van der Waals surface area contributed by atoms with Gasteiger partial charge in [0, 0.05) is 4.47 Å². The minimum absolute atomic E-state index is 0.367. The van der Waals surface area contributed by atoms with E-state index in [9.17, 15) is 5.11 Å². The third-order valence-electron chi connectivity index (χ3n) is 6.52. The molecule has 0 spiro atoms. The zero-order valence-corrected chi connectivity index (χ0v) is 14.3. The van der Waals surface area contributed by atoms with E-state index in [0.717, 1.165) is 17.8 Å². The molecule has 4 bridgehead atoms. The standard InChI is InChI=1S/C20H21BrO/c21-18-4-1-15-8-16(22)2-3-17(15)19(18)20-9-12-5-13(10-20)7-14(6-12)11-20/h1-4,8,12-14,22H,5-7,9-11H2. The maximum absolute atomic E-state index is 9.81. The Balaban J connectivity index is 1.75. The predicted molar refractivity (Wildman–Crippen MR) is 93.2 cm³/mol. The third kappa shape index (κ3) is 1.83. The molecule has 1 nitrogen and oxygen atoms in total. The van der Waals surface area contributed by atoms with E-state index in [0.29, 0.717) is 11.2 Å². The average Bonchev–Trinajstić information content (AvgIpc) is 2.45. The van der Waals surface area contributed by atoms with E-state index < -0.39 is 0 Å². The Bertz CT molecular complexity index is 728. The lowest BCUT2D eigenvalue weighted by molar-refractivity contribution is -0.00481. The summed E-state index contributed by atoms with van der Waals surface area (Å²) >= 11 is 3.86. The van der Waals surface area contributed by atoms with E-state index in [1.165, 1.54) is 59.3 Å². The van der Waals surface area contributed by atoms with Crippen molar-refractivity contribution in [2.75, 3.05) is 0 Å². The van der Waals surface area contributed by atoms with Crippen LogP contribution in [0, 0.1) is 17.8 Å². The summed E-state index contributed by atoms with van der Waals surface area (Å²) in [4.78, 5) is 0. The van der Waals surface area contributed by atoms with Crippen LogP contribution < -0.4 is 0 Å². The first-order chi connectivity index (χ1) is 10.6. The van der Waals surface area contributed by atoms with Crippen molar-refractivity contribution in [3.8, 4) is 5.75 Å². The summed E-state index contributed by atoms with van der Waals surface area (Å²) in [6.07, 6.45) is 8.54. The van der Waals surface area contributed by atoms with Gasteiger partial charge in [-0.25, -0.2) is 0 Å². The van der Waals surface area contributed by atoms with E-state index in [-0.39, 0.29) is 0 Å². The van der Waals surface area contributed by atoms with Crippen LogP contribution in [0.15, 0.2) is 34.8 Å². The molecule has 4 saturated carbocycles. The maximum Gasteiger partial charge on any atom is 0.116 e. The topological polar surface area (TPSA) is 20.2 Å². The van der Waals surface area contributed by atoms with Crippen LogP contribution in [0.1, 0.15) is 44.1 Å². The van der Waals surface area contributed by atoms with Gasteiger partial charge in [0.1, 0.15) is 5.75 Å². The monoisotopic (exact) mass is 356 g/mol. The molecule has 0 aliphatic heterocycles. The lowest BCUT2D eigenvalue weighted by atomic mass is 9.48. The lowest BCUT2D eigenvalue weighted by Gasteiger charge is -2.57. The molecule has 4 aliphatic rings. The number of halogens is 1. The Morgan fingerprint density at radius 3 is 2.18 bits per heavy atom. The highest BCUT2D eigenvalue weighted by Crippen LogP contribution is 2.62. The van der Waals surface area contributed by atoms with Crippen LogP contribution in [0.2, 0.25) is 0 Å². The number of hydrogen-bond donors (Lipinski definition) is 1. The van der Waals surface area contributed by atoms with E-state index in [4.69, 9.17) is 0 Å². The first kappa shape index (κ1) is 13.4. The van der Waals surface area contributed by atoms with Crippen LogP contribution >= 0.6 is 15.9 Å². The lowest BCUT2D eigenvalue weighted by Crippen LogP contribution is -2.48. The Kier molecular flexibility index (Phi) is 2.75. The number of rotatable bonds is 1. The zero-order valence-electron chi connectivity index (χ0n) is 12.7. The highest BCUT2D eigenvalue weighted by Gasteiger charge is 2.52. The first-order valence-corrected chi connectivity index (χ1v) is 9.34. The smallest absolute Gasteiger partial charge is 0.116 e. The number of phenols is 1. The summed E-state index contributed by atoms with van der Waals surface area (Å²) < 4.78 is 1.27. The van der Waals surface area contributed by atoms with Gasteiger partial charge in [0.2, 0.25) is 0 Å². The Hall–Kier alpha value is -1.02. The fraction of sp³-hybridized carbons (Fsp3) is 0.500. The van der Waals surface area contributed by atoms with Gasteiger partial charge in [-0.1, -0.05) is 28.1 Å². The number of fused-ring (bicyclic) bond motifs is 1. The molecule has 0 amide bonds. The zero-order chi connectivity index (χ0) is 14.9. The highest BCUT2D eigenvalue weighted by molar-refractivity contribution is 9.10. The van der Waals surface area contributed by atoms with Gasteiger partial charge < -0.3 is 5.11 Å². The van der Waals surface area contributed by atoms with Crippen LogP contribution in [0.25, 0.3) is 10.8 Å². The number of aromatic hydroxyl groups is 1. The molecule has 4 aliphatic carbocycles. The fourth-order valence-corrected chi connectivity index (χ4v) is 7.01. The van der Waals surface area contributed by atoms with Crippen LogP contribution in [0.5, 0.6) is 5.75 Å². The molecule has 0 saturated heterocycles. The fourth-order valence-electron chi connectivity index (χ4n) is 6.25. The van der Waals surface area contributed by atoms with Crippen LogP contribution in [-0.2, 0) is 5.41 Å². The van der Waals surface area contributed by atoms with Crippen LogP contribution in [-0.4, -0.2) is 5.11 Å². The summed E-state index contributed by atoms with van der Waals surface area (Å²) in [6.45, 7) is 0.